The summed E-state index contributed by atoms with van der Waals surface area (Å²) in [6.07, 6.45) is 0.934. The molecule has 1 atom stereocenters. The molecule has 0 aliphatic carbocycles. The van der Waals surface area contributed by atoms with Crippen molar-refractivity contribution in [3.63, 3.8) is 0 Å². The first-order valence-corrected chi connectivity index (χ1v) is 10.1. The van der Waals surface area contributed by atoms with E-state index in [0.29, 0.717) is 10.6 Å². The van der Waals surface area contributed by atoms with Crippen molar-refractivity contribution in [3.05, 3.63) is 52.7 Å². The number of amides is 1. The van der Waals surface area contributed by atoms with E-state index in [-0.39, 0.29) is 17.7 Å². The highest BCUT2D eigenvalue weighted by Crippen LogP contribution is 2.35. The minimum absolute atomic E-state index is 0.0263. The summed E-state index contributed by atoms with van der Waals surface area (Å²) in [6, 6.07) is 12.4. The number of thioether (sulfide) groups is 2. The smallest absolute Gasteiger partial charge is 0.230 e. The van der Waals surface area contributed by atoms with Crippen LogP contribution in [-0.2, 0) is 4.79 Å². The molecular weight excluding hydrogens is 350 g/mol. The lowest BCUT2D eigenvalue weighted by Gasteiger charge is -2.25. The summed E-state index contributed by atoms with van der Waals surface area (Å²) in [5.41, 5.74) is 3.51. The molecular formula is C19H19N3OS2. The standard InChI is InChI=1S/C19H19N3OS2/c1-12-9-13(2)21-19(15(12)10-20)25-11-18(23)22-16-7-8-24-17-6-4-3-5-14(16)17/h3-6,9,16H,7-8,11H2,1-2H3,(H,22,23). The fourth-order valence-electron chi connectivity index (χ4n) is 2.90. The lowest BCUT2D eigenvalue weighted by Crippen LogP contribution is -2.31. The molecule has 128 valence electrons. The van der Waals surface area contributed by atoms with Gasteiger partial charge < -0.3 is 5.32 Å². The topological polar surface area (TPSA) is 65.8 Å². The summed E-state index contributed by atoms with van der Waals surface area (Å²) in [4.78, 5) is 18.1. The number of hydrogen-bond donors (Lipinski definition) is 1. The Labute approximate surface area is 156 Å². The Balaban J connectivity index is 1.66. The SMILES string of the molecule is Cc1cc(C)c(C#N)c(SCC(=O)NC2CCSc3ccccc32)n1. The fourth-order valence-corrected chi connectivity index (χ4v) is 4.94. The van der Waals surface area contributed by atoms with Gasteiger partial charge in [-0.05, 0) is 43.5 Å². The van der Waals surface area contributed by atoms with Crippen molar-refractivity contribution in [2.45, 2.75) is 36.2 Å². The minimum Gasteiger partial charge on any atom is -0.349 e. The maximum atomic E-state index is 12.4. The van der Waals surface area contributed by atoms with Crippen LogP contribution in [0.2, 0.25) is 0 Å². The Morgan fingerprint density at radius 3 is 3.04 bits per heavy atom. The predicted octanol–water partition coefficient (Wildman–Crippen LogP) is 4.02. The molecule has 1 amide bonds. The van der Waals surface area contributed by atoms with Crippen molar-refractivity contribution in [1.29, 1.82) is 5.26 Å². The molecule has 1 aliphatic heterocycles. The van der Waals surface area contributed by atoms with Gasteiger partial charge in [-0.25, -0.2) is 4.98 Å². The highest BCUT2D eigenvalue weighted by Gasteiger charge is 2.22. The number of pyridine rings is 1. The molecule has 1 aliphatic rings. The first-order chi connectivity index (χ1) is 12.1. The van der Waals surface area contributed by atoms with Crippen molar-refractivity contribution in [1.82, 2.24) is 10.3 Å². The number of nitrogens with zero attached hydrogens (tertiary/aromatic N) is 2. The van der Waals surface area contributed by atoms with E-state index >= 15 is 0 Å². The zero-order valence-electron chi connectivity index (χ0n) is 14.2. The van der Waals surface area contributed by atoms with E-state index in [9.17, 15) is 10.1 Å². The second-order valence-corrected chi connectivity index (χ2v) is 8.06. The third kappa shape index (κ3) is 4.17. The number of hydrogen-bond acceptors (Lipinski definition) is 5. The number of nitrogens with one attached hydrogen (secondary N) is 1. The van der Waals surface area contributed by atoms with Gasteiger partial charge in [0.05, 0.1) is 17.4 Å². The molecule has 0 fully saturated rings. The van der Waals surface area contributed by atoms with Gasteiger partial charge in [0.1, 0.15) is 11.1 Å². The van der Waals surface area contributed by atoms with Crippen molar-refractivity contribution >= 4 is 29.4 Å². The fraction of sp³-hybridized carbons (Fsp3) is 0.316. The van der Waals surface area contributed by atoms with Crippen LogP contribution in [0.4, 0.5) is 0 Å². The van der Waals surface area contributed by atoms with E-state index in [1.807, 2.05) is 43.8 Å². The molecule has 1 N–H and O–H groups in total. The van der Waals surface area contributed by atoms with Crippen LogP contribution in [0, 0.1) is 25.2 Å². The summed E-state index contributed by atoms with van der Waals surface area (Å²) in [5.74, 6) is 1.24. The van der Waals surface area contributed by atoms with E-state index < -0.39 is 0 Å². The molecule has 4 nitrogen and oxygen atoms in total. The molecule has 6 heteroatoms. The van der Waals surface area contributed by atoms with Crippen LogP contribution in [0.15, 0.2) is 40.3 Å². The van der Waals surface area contributed by atoms with Gasteiger partial charge in [-0.1, -0.05) is 30.0 Å². The van der Waals surface area contributed by atoms with Crippen LogP contribution in [0.1, 0.15) is 34.8 Å². The quantitative estimate of drug-likeness (QED) is 0.825. The van der Waals surface area contributed by atoms with E-state index in [0.717, 1.165) is 23.4 Å². The summed E-state index contributed by atoms with van der Waals surface area (Å²) in [5, 5.41) is 13.1. The third-order valence-corrected chi connectivity index (χ3v) is 6.16. The number of nitriles is 1. The second-order valence-electron chi connectivity index (χ2n) is 5.96. The summed E-state index contributed by atoms with van der Waals surface area (Å²) in [7, 11) is 0. The molecule has 0 saturated carbocycles. The van der Waals surface area contributed by atoms with Crippen LogP contribution >= 0.6 is 23.5 Å². The monoisotopic (exact) mass is 369 g/mol. The number of rotatable bonds is 4. The van der Waals surface area contributed by atoms with Crippen molar-refractivity contribution in [2.75, 3.05) is 11.5 Å². The summed E-state index contributed by atoms with van der Waals surface area (Å²) in [6.45, 7) is 3.79. The summed E-state index contributed by atoms with van der Waals surface area (Å²) < 4.78 is 0. The Morgan fingerprint density at radius 2 is 2.24 bits per heavy atom. The Morgan fingerprint density at radius 1 is 1.44 bits per heavy atom. The molecule has 25 heavy (non-hydrogen) atoms. The first kappa shape index (κ1) is 17.8. The highest BCUT2D eigenvalue weighted by atomic mass is 32.2. The molecule has 0 spiro atoms. The van der Waals surface area contributed by atoms with Gasteiger partial charge in [0.2, 0.25) is 5.91 Å². The third-order valence-electron chi connectivity index (χ3n) is 4.06. The molecule has 1 aromatic carbocycles. The maximum Gasteiger partial charge on any atom is 0.230 e. The zero-order chi connectivity index (χ0) is 17.8. The van der Waals surface area contributed by atoms with Gasteiger partial charge in [-0.3, -0.25) is 4.79 Å². The lowest BCUT2D eigenvalue weighted by molar-refractivity contribution is -0.119. The Kier molecular flexibility index (Phi) is 5.67. The highest BCUT2D eigenvalue weighted by molar-refractivity contribution is 8.00. The minimum atomic E-state index is -0.0263. The number of carbonyl (C=O) groups excluding carboxylic acids is 1. The maximum absolute atomic E-state index is 12.4. The van der Waals surface area contributed by atoms with Crippen molar-refractivity contribution in [2.24, 2.45) is 0 Å². The lowest BCUT2D eigenvalue weighted by atomic mass is 10.0. The van der Waals surface area contributed by atoms with E-state index in [1.54, 1.807) is 0 Å². The molecule has 1 unspecified atom stereocenters. The van der Waals surface area contributed by atoms with Crippen molar-refractivity contribution < 1.29 is 4.79 Å². The van der Waals surface area contributed by atoms with Gasteiger partial charge in [0, 0.05) is 16.3 Å². The molecule has 3 rings (SSSR count). The number of aromatic nitrogens is 1. The molecule has 1 aromatic heterocycles. The Hall–Kier alpha value is -1.97. The molecule has 0 radical (unpaired) electrons. The van der Waals surface area contributed by atoms with Crippen LogP contribution in [0.5, 0.6) is 0 Å². The molecule has 2 heterocycles. The van der Waals surface area contributed by atoms with Crippen molar-refractivity contribution in [3.8, 4) is 6.07 Å². The predicted molar refractivity (Wildman–Crippen MR) is 102 cm³/mol. The Bertz CT molecular complexity index is 845. The second kappa shape index (κ2) is 7.94. The zero-order valence-corrected chi connectivity index (χ0v) is 15.8. The van der Waals surface area contributed by atoms with E-state index in [4.69, 9.17) is 0 Å². The first-order valence-electron chi connectivity index (χ1n) is 8.10. The normalized spacial score (nSPS) is 16.0. The van der Waals surface area contributed by atoms with Gasteiger partial charge in [-0.2, -0.15) is 5.26 Å². The van der Waals surface area contributed by atoms with Crippen LogP contribution in [0.3, 0.4) is 0 Å². The average molecular weight is 370 g/mol. The van der Waals surface area contributed by atoms with E-state index in [2.05, 4.69) is 28.5 Å². The van der Waals surface area contributed by atoms with Gasteiger partial charge >= 0.3 is 0 Å². The van der Waals surface area contributed by atoms with Gasteiger partial charge in [0.15, 0.2) is 0 Å². The molecule has 0 saturated heterocycles. The summed E-state index contributed by atoms with van der Waals surface area (Å²) >= 11 is 3.16. The van der Waals surface area contributed by atoms with E-state index in [1.165, 1.54) is 22.2 Å². The van der Waals surface area contributed by atoms with Gasteiger partial charge in [-0.15, -0.1) is 11.8 Å². The van der Waals surface area contributed by atoms with Gasteiger partial charge in [0.25, 0.3) is 0 Å². The van der Waals surface area contributed by atoms with Crippen LogP contribution in [0.25, 0.3) is 0 Å². The van der Waals surface area contributed by atoms with Crippen LogP contribution in [-0.4, -0.2) is 22.4 Å². The molecule has 2 aromatic rings. The largest absolute Gasteiger partial charge is 0.349 e. The van der Waals surface area contributed by atoms with Crippen LogP contribution < -0.4 is 5.32 Å². The average Bonchev–Trinajstić information content (AvgIpc) is 2.60. The number of aryl methyl sites for hydroxylation is 2. The number of fused-ring (bicyclic) bond motifs is 1. The number of benzene rings is 1. The molecule has 0 bridgehead atoms. The number of carbonyl (C=O) groups is 1.